The molecule has 0 saturated heterocycles. The highest BCUT2D eigenvalue weighted by Crippen LogP contribution is 2.22. The van der Waals surface area contributed by atoms with Crippen LogP contribution in [0.1, 0.15) is 27.3 Å². The van der Waals surface area contributed by atoms with Crippen LogP contribution in [0.25, 0.3) is 0 Å². The Labute approximate surface area is 113 Å². The number of Topliss-reactive ketones (excluding diaryl/α,β-unsaturated/α-hetero) is 2. The maximum absolute atomic E-state index is 11.9. The summed E-state index contributed by atoms with van der Waals surface area (Å²) in [4.78, 5) is 23.6. The maximum atomic E-state index is 11.9. The fourth-order valence-corrected chi connectivity index (χ4v) is 1.99. The number of benzene rings is 1. The van der Waals surface area contributed by atoms with Gasteiger partial charge in [0.1, 0.15) is 0 Å². The van der Waals surface area contributed by atoms with Crippen molar-refractivity contribution >= 4 is 34.8 Å². The highest BCUT2D eigenvalue weighted by Gasteiger charge is 2.17. The lowest BCUT2D eigenvalue weighted by Crippen LogP contribution is -2.08. The third-order valence-electron chi connectivity index (χ3n) is 2.35. The van der Waals surface area contributed by atoms with Gasteiger partial charge in [0.25, 0.3) is 0 Å². The zero-order valence-electron chi connectivity index (χ0n) is 9.15. The van der Waals surface area contributed by atoms with Crippen LogP contribution in [0.15, 0.2) is 41.0 Å². The number of carbonyl (C=O) groups excluding carboxylic acids is 2. The van der Waals surface area contributed by atoms with Gasteiger partial charge in [0.2, 0.25) is 5.78 Å². The third-order valence-corrected chi connectivity index (χ3v) is 2.90. The number of rotatable bonds is 4. The molecule has 1 aromatic carbocycles. The van der Waals surface area contributed by atoms with E-state index in [0.717, 1.165) is 0 Å². The van der Waals surface area contributed by atoms with Crippen LogP contribution in [0.4, 0.5) is 0 Å². The molecule has 2 rings (SSSR count). The van der Waals surface area contributed by atoms with E-state index in [1.165, 1.54) is 24.5 Å². The van der Waals surface area contributed by atoms with Gasteiger partial charge in [-0.2, -0.15) is 0 Å². The first-order valence-corrected chi connectivity index (χ1v) is 5.88. The Balaban J connectivity index is 2.15. The molecule has 1 aromatic heterocycles. The summed E-state index contributed by atoms with van der Waals surface area (Å²) in [6.07, 6.45) is 1.10. The van der Waals surface area contributed by atoms with E-state index in [1.807, 2.05) is 0 Å². The standard InChI is InChI=1S/C13H8Cl2O3/c14-8-3-4-9(10(15)6-8)11(16)7-12(17)13-2-1-5-18-13/h1-6H,7H2. The summed E-state index contributed by atoms with van der Waals surface area (Å²) in [6, 6.07) is 7.63. The van der Waals surface area contributed by atoms with Gasteiger partial charge < -0.3 is 4.42 Å². The average molecular weight is 283 g/mol. The van der Waals surface area contributed by atoms with Gasteiger partial charge in [0.05, 0.1) is 17.7 Å². The van der Waals surface area contributed by atoms with Gasteiger partial charge in [0, 0.05) is 10.6 Å². The van der Waals surface area contributed by atoms with Gasteiger partial charge in [-0.15, -0.1) is 0 Å². The van der Waals surface area contributed by atoms with Crippen LogP contribution < -0.4 is 0 Å². The lowest BCUT2D eigenvalue weighted by atomic mass is 10.1. The van der Waals surface area contributed by atoms with E-state index in [4.69, 9.17) is 27.6 Å². The van der Waals surface area contributed by atoms with Crippen molar-refractivity contribution < 1.29 is 14.0 Å². The molecule has 0 fully saturated rings. The van der Waals surface area contributed by atoms with Crippen molar-refractivity contribution in [1.82, 2.24) is 0 Å². The van der Waals surface area contributed by atoms with E-state index < -0.39 is 0 Å². The molecule has 0 bridgehead atoms. The Morgan fingerprint density at radius 3 is 2.50 bits per heavy atom. The topological polar surface area (TPSA) is 47.3 Å². The molecule has 0 amide bonds. The second-order valence-electron chi connectivity index (χ2n) is 3.62. The van der Waals surface area contributed by atoms with Crippen LogP contribution in [-0.4, -0.2) is 11.6 Å². The molecule has 0 aliphatic heterocycles. The summed E-state index contributed by atoms with van der Waals surface area (Å²) in [7, 11) is 0. The van der Waals surface area contributed by atoms with E-state index in [0.29, 0.717) is 5.02 Å². The summed E-state index contributed by atoms with van der Waals surface area (Å²) in [5.41, 5.74) is 0.279. The summed E-state index contributed by atoms with van der Waals surface area (Å²) in [5, 5.41) is 0.675. The molecule has 0 aliphatic carbocycles. The molecule has 0 radical (unpaired) electrons. The summed E-state index contributed by atoms with van der Waals surface area (Å²) in [6.45, 7) is 0. The molecule has 0 unspecified atom stereocenters. The normalized spacial score (nSPS) is 10.3. The quantitative estimate of drug-likeness (QED) is 0.628. The first kappa shape index (κ1) is 12.9. The van der Waals surface area contributed by atoms with E-state index in [1.54, 1.807) is 12.1 Å². The molecule has 2 aromatic rings. The molecule has 1 heterocycles. The van der Waals surface area contributed by atoms with Crippen LogP contribution in [0.5, 0.6) is 0 Å². The van der Waals surface area contributed by atoms with E-state index in [9.17, 15) is 9.59 Å². The SMILES string of the molecule is O=C(CC(=O)c1ccc(Cl)cc1Cl)c1ccco1. The van der Waals surface area contributed by atoms with E-state index in [2.05, 4.69) is 0 Å². The van der Waals surface area contributed by atoms with Gasteiger partial charge in [-0.1, -0.05) is 23.2 Å². The van der Waals surface area contributed by atoms with Gasteiger partial charge >= 0.3 is 0 Å². The summed E-state index contributed by atoms with van der Waals surface area (Å²) >= 11 is 11.6. The number of hydrogen-bond acceptors (Lipinski definition) is 3. The predicted octanol–water partition coefficient (Wildman–Crippen LogP) is 4.04. The van der Waals surface area contributed by atoms with Gasteiger partial charge in [-0.25, -0.2) is 0 Å². The number of ketones is 2. The lowest BCUT2D eigenvalue weighted by molar-refractivity contribution is 0.0878. The molecule has 3 nitrogen and oxygen atoms in total. The molecule has 0 atom stereocenters. The van der Waals surface area contributed by atoms with Crippen molar-refractivity contribution in [3.63, 3.8) is 0 Å². The minimum Gasteiger partial charge on any atom is -0.461 e. The monoisotopic (exact) mass is 282 g/mol. The lowest BCUT2D eigenvalue weighted by Gasteiger charge is -2.02. The Hall–Kier alpha value is -1.58. The molecule has 0 N–H and O–H groups in total. The molecule has 0 aliphatic rings. The second kappa shape index (κ2) is 5.38. The van der Waals surface area contributed by atoms with E-state index >= 15 is 0 Å². The summed E-state index contributed by atoms with van der Waals surface area (Å²) in [5.74, 6) is -0.581. The van der Waals surface area contributed by atoms with Crippen molar-refractivity contribution in [3.8, 4) is 0 Å². The average Bonchev–Trinajstić information content (AvgIpc) is 2.81. The summed E-state index contributed by atoms with van der Waals surface area (Å²) < 4.78 is 4.93. The van der Waals surface area contributed by atoms with Gasteiger partial charge in [0.15, 0.2) is 11.5 Å². The maximum Gasteiger partial charge on any atom is 0.205 e. The van der Waals surface area contributed by atoms with Gasteiger partial charge in [-0.3, -0.25) is 9.59 Å². The van der Waals surface area contributed by atoms with Crippen LogP contribution >= 0.6 is 23.2 Å². The predicted molar refractivity (Wildman–Crippen MR) is 68.4 cm³/mol. The highest BCUT2D eigenvalue weighted by atomic mass is 35.5. The van der Waals surface area contributed by atoms with Crippen molar-refractivity contribution in [2.75, 3.05) is 0 Å². The third kappa shape index (κ3) is 2.81. The zero-order valence-corrected chi connectivity index (χ0v) is 10.7. The van der Waals surface area contributed by atoms with Crippen molar-refractivity contribution in [2.24, 2.45) is 0 Å². The number of carbonyl (C=O) groups is 2. The minimum atomic E-state index is -0.379. The molecule has 18 heavy (non-hydrogen) atoms. The van der Waals surface area contributed by atoms with Crippen molar-refractivity contribution in [3.05, 3.63) is 58.0 Å². The molecule has 0 saturated carbocycles. The first-order chi connectivity index (χ1) is 8.58. The smallest absolute Gasteiger partial charge is 0.205 e. The second-order valence-corrected chi connectivity index (χ2v) is 4.47. The Bertz CT molecular complexity index is 588. The zero-order chi connectivity index (χ0) is 13.1. The number of hydrogen-bond donors (Lipinski definition) is 0. The van der Waals surface area contributed by atoms with Crippen molar-refractivity contribution in [1.29, 1.82) is 0 Å². The Morgan fingerprint density at radius 2 is 1.89 bits per heavy atom. The fourth-order valence-electron chi connectivity index (χ4n) is 1.48. The molecule has 5 heteroatoms. The molecule has 92 valence electrons. The molecular formula is C13H8Cl2O3. The number of furan rings is 1. The van der Waals surface area contributed by atoms with Crippen LogP contribution in [0, 0.1) is 0 Å². The van der Waals surface area contributed by atoms with Gasteiger partial charge in [-0.05, 0) is 30.3 Å². The van der Waals surface area contributed by atoms with Crippen LogP contribution in [0.2, 0.25) is 10.0 Å². The molecular weight excluding hydrogens is 275 g/mol. The minimum absolute atomic E-state index is 0.161. The Kier molecular flexibility index (Phi) is 3.84. The van der Waals surface area contributed by atoms with Crippen LogP contribution in [-0.2, 0) is 0 Å². The highest BCUT2D eigenvalue weighted by molar-refractivity contribution is 6.37. The first-order valence-electron chi connectivity index (χ1n) is 5.13. The van der Waals surface area contributed by atoms with Crippen LogP contribution in [0.3, 0.4) is 0 Å². The molecule has 0 spiro atoms. The van der Waals surface area contributed by atoms with Crippen molar-refractivity contribution in [2.45, 2.75) is 6.42 Å². The largest absolute Gasteiger partial charge is 0.461 e. The fraction of sp³-hybridized carbons (Fsp3) is 0.0769. The van der Waals surface area contributed by atoms with E-state index in [-0.39, 0.29) is 34.3 Å². The Morgan fingerprint density at radius 1 is 1.11 bits per heavy atom. The number of halogens is 2.